The lowest BCUT2D eigenvalue weighted by Crippen LogP contribution is -2.49. The van der Waals surface area contributed by atoms with Gasteiger partial charge in [0.1, 0.15) is 6.33 Å². The zero-order valence-corrected chi connectivity index (χ0v) is 13.9. The first-order chi connectivity index (χ1) is 11.6. The number of carbonyl (C=O) groups is 1. The van der Waals surface area contributed by atoms with Crippen LogP contribution in [-0.4, -0.2) is 56.8 Å². The van der Waals surface area contributed by atoms with E-state index in [1.165, 1.54) is 6.33 Å². The Balaban J connectivity index is 1.70. The minimum atomic E-state index is 0.158. The molecule has 1 saturated heterocycles. The van der Waals surface area contributed by atoms with Crippen LogP contribution in [0.5, 0.6) is 0 Å². The fourth-order valence-corrected chi connectivity index (χ4v) is 3.79. The summed E-state index contributed by atoms with van der Waals surface area (Å²) in [6.07, 6.45) is 8.83. The van der Waals surface area contributed by atoms with Gasteiger partial charge in [0, 0.05) is 26.6 Å². The van der Waals surface area contributed by atoms with E-state index in [0.717, 1.165) is 24.9 Å². The van der Waals surface area contributed by atoms with Gasteiger partial charge in [-0.2, -0.15) is 0 Å². The Bertz CT molecular complexity index is 797. The summed E-state index contributed by atoms with van der Waals surface area (Å²) in [6, 6.07) is 0.349. The minimum Gasteiger partial charge on any atom is -0.369 e. The number of carbonyl (C=O) groups excluding carboxylic acids is 1. The predicted octanol–water partition coefficient (Wildman–Crippen LogP) is 1.28. The van der Waals surface area contributed by atoms with E-state index in [-0.39, 0.29) is 18.0 Å². The fraction of sp³-hybridized carbons (Fsp3) is 0.562. The van der Waals surface area contributed by atoms with Crippen LogP contribution >= 0.6 is 0 Å². The van der Waals surface area contributed by atoms with Crippen molar-refractivity contribution < 1.29 is 4.79 Å². The lowest BCUT2D eigenvalue weighted by molar-refractivity contribution is -0.126. The molecule has 2 aromatic rings. The molecule has 0 radical (unpaired) electrons. The minimum absolute atomic E-state index is 0.158. The lowest BCUT2D eigenvalue weighted by atomic mass is 9.77. The molecule has 1 aliphatic heterocycles. The number of rotatable bonds is 3. The molecule has 2 bridgehead atoms. The number of fused-ring (bicyclic) bond motifs is 3. The standard InChI is InChI=1S/C16H21N7O/c1-22(2)8-20-15-14-16(18-7-17-15)23(9-19-14)12-4-3-10-5-11(12)21-13(24)6-10/h7-12H,3-6H2,1-2H3,(H,21,24)/b20-8-/t10-,11-,12-/m1/s1. The van der Waals surface area contributed by atoms with Crippen molar-refractivity contribution in [1.82, 2.24) is 29.7 Å². The van der Waals surface area contributed by atoms with Crippen LogP contribution in [0.4, 0.5) is 5.82 Å². The number of amides is 1. The number of imidazole rings is 1. The molecular formula is C16H21N7O. The number of piperidine rings is 1. The first-order valence-corrected chi connectivity index (χ1v) is 8.29. The second kappa shape index (κ2) is 5.85. The van der Waals surface area contributed by atoms with Crippen molar-refractivity contribution >= 4 is 29.2 Å². The van der Waals surface area contributed by atoms with E-state index < -0.39 is 0 Å². The SMILES string of the molecule is CN(C)/C=N\c1ncnc2c1ncn2[C@@H]1CC[C@H]2CC(=O)N[C@@H]1C2. The highest BCUT2D eigenvalue weighted by Crippen LogP contribution is 2.38. The Kier molecular flexibility index (Phi) is 3.66. The van der Waals surface area contributed by atoms with Crippen LogP contribution in [-0.2, 0) is 4.79 Å². The van der Waals surface area contributed by atoms with Gasteiger partial charge < -0.3 is 14.8 Å². The molecule has 8 nitrogen and oxygen atoms in total. The molecule has 2 aromatic heterocycles. The van der Waals surface area contributed by atoms with Gasteiger partial charge in [0.25, 0.3) is 0 Å². The predicted molar refractivity (Wildman–Crippen MR) is 90.1 cm³/mol. The smallest absolute Gasteiger partial charge is 0.220 e. The van der Waals surface area contributed by atoms with Gasteiger partial charge in [-0.25, -0.2) is 19.9 Å². The zero-order valence-electron chi connectivity index (χ0n) is 13.9. The van der Waals surface area contributed by atoms with Gasteiger partial charge in [-0.3, -0.25) is 4.79 Å². The first-order valence-electron chi connectivity index (χ1n) is 8.29. The molecule has 0 unspecified atom stereocenters. The van der Waals surface area contributed by atoms with E-state index in [1.807, 2.05) is 19.0 Å². The van der Waals surface area contributed by atoms with Crippen molar-refractivity contribution in [2.75, 3.05) is 14.1 Å². The highest BCUT2D eigenvalue weighted by Gasteiger charge is 2.38. The van der Waals surface area contributed by atoms with Crippen molar-refractivity contribution in [2.45, 2.75) is 37.8 Å². The summed E-state index contributed by atoms with van der Waals surface area (Å²) in [5, 5.41) is 3.14. The molecule has 3 heterocycles. The van der Waals surface area contributed by atoms with Crippen LogP contribution in [0.2, 0.25) is 0 Å². The van der Waals surface area contributed by atoms with Crippen molar-refractivity contribution in [3.05, 3.63) is 12.7 Å². The van der Waals surface area contributed by atoms with Gasteiger partial charge in [-0.1, -0.05) is 0 Å². The third-order valence-corrected chi connectivity index (χ3v) is 4.85. The van der Waals surface area contributed by atoms with Crippen LogP contribution in [0.15, 0.2) is 17.6 Å². The number of hydrogen-bond acceptors (Lipinski definition) is 5. The quantitative estimate of drug-likeness (QED) is 0.677. The maximum Gasteiger partial charge on any atom is 0.220 e. The topological polar surface area (TPSA) is 88.3 Å². The Hall–Kier alpha value is -2.51. The van der Waals surface area contributed by atoms with Crippen LogP contribution in [0.25, 0.3) is 11.2 Å². The molecule has 24 heavy (non-hydrogen) atoms. The number of hydrogen-bond donors (Lipinski definition) is 1. The molecule has 126 valence electrons. The van der Waals surface area contributed by atoms with E-state index in [1.54, 1.807) is 12.7 Å². The third-order valence-electron chi connectivity index (χ3n) is 4.85. The largest absolute Gasteiger partial charge is 0.369 e. The van der Waals surface area contributed by atoms with Gasteiger partial charge in [-0.15, -0.1) is 0 Å². The van der Waals surface area contributed by atoms with Crippen LogP contribution in [0.1, 0.15) is 31.7 Å². The van der Waals surface area contributed by atoms with Crippen LogP contribution in [0, 0.1) is 5.92 Å². The summed E-state index contributed by atoms with van der Waals surface area (Å²) in [5.74, 6) is 1.25. The van der Waals surface area contributed by atoms with E-state index >= 15 is 0 Å². The second-order valence-corrected chi connectivity index (χ2v) is 6.85. The lowest BCUT2D eigenvalue weighted by Gasteiger charge is -2.40. The summed E-state index contributed by atoms with van der Waals surface area (Å²) in [6.45, 7) is 0. The second-order valence-electron chi connectivity index (χ2n) is 6.85. The Morgan fingerprint density at radius 3 is 3.04 bits per heavy atom. The molecule has 2 aliphatic rings. The maximum atomic E-state index is 11.9. The Morgan fingerprint density at radius 1 is 1.33 bits per heavy atom. The summed E-state index contributed by atoms with van der Waals surface area (Å²) < 4.78 is 2.08. The highest BCUT2D eigenvalue weighted by molar-refractivity contribution is 5.83. The van der Waals surface area contributed by atoms with Crippen molar-refractivity contribution in [3.63, 3.8) is 0 Å². The molecular weight excluding hydrogens is 306 g/mol. The molecule has 1 amide bonds. The van der Waals surface area contributed by atoms with Gasteiger partial charge in [-0.05, 0) is 25.2 Å². The molecule has 1 N–H and O–H groups in total. The summed E-state index contributed by atoms with van der Waals surface area (Å²) >= 11 is 0. The Morgan fingerprint density at radius 2 is 2.21 bits per heavy atom. The average molecular weight is 327 g/mol. The summed E-state index contributed by atoms with van der Waals surface area (Å²) in [4.78, 5) is 31.2. The van der Waals surface area contributed by atoms with Gasteiger partial charge in [0.05, 0.1) is 18.7 Å². The monoisotopic (exact) mass is 327 g/mol. The number of nitrogens with zero attached hydrogens (tertiary/aromatic N) is 6. The highest BCUT2D eigenvalue weighted by atomic mass is 16.1. The van der Waals surface area contributed by atoms with Gasteiger partial charge in [0.2, 0.25) is 5.91 Å². The van der Waals surface area contributed by atoms with E-state index in [9.17, 15) is 4.79 Å². The Labute approximate surface area is 140 Å². The van der Waals surface area contributed by atoms with Crippen molar-refractivity contribution in [1.29, 1.82) is 0 Å². The summed E-state index contributed by atoms with van der Waals surface area (Å²) in [5.41, 5.74) is 1.47. The number of aromatic nitrogens is 4. The van der Waals surface area contributed by atoms with Crippen molar-refractivity contribution in [3.8, 4) is 0 Å². The normalized spacial score (nSPS) is 26.8. The molecule has 8 heteroatoms. The van der Waals surface area contributed by atoms with Gasteiger partial charge >= 0.3 is 0 Å². The van der Waals surface area contributed by atoms with E-state index in [2.05, 4.69) is 29.8 Å². The first kappa shape index (κ1) is 15.0. The van der Waals surface area contributed by atoms with E-state index in [0.29, 0.717) is 23.7 Å². The molecule has 2 fully saturated rings. The summed E-state index contributed by atoms with van der Waals surface area (Å²) in [7, 11) is 3.81. The molecule has 4 rings (SSSR count). The van der Waals surface area contributed by atoms with Crippen molar-refractivity contribution in [2.24, 2.45) is 10.9 Å². The molecule has 1 aliphatic carbocycles. The van der Waals surface area contributed by atoms with Crippen LogP contribution in [0.3, 0.4) is 0 Å². The average Bonchev–Trinajstić information content (AvgIpc) is 2.97. The zero-order chi connectivity index (χ0) is 16.7. The third kappa shape index (κ3) is 2.61. The molecule has 0 aromatic carbocycles. The number of aliphatic imine (C=N–C) groups is 1. The molecule has 1 saturated carbocycles. The maximum absolute atomic E-state index is 11.9. The van der Waals surface area contributed by atoms with Gasteiger partial charge in [0.15, 0.2) is 17.0 Å². The van der Waals surface area contributed by atoms with Crippen LogP contribution < -0.4 is 5.32 Å². The molecule has 3 atom stereocenters. The van der Waals surface area contributed by atoms with E-state index in [4.69, 9.17) is 0 Å². The number of nitrogens with one attached hydrogen (secondary N) is 1. The molecule has 0 spiro atoms. The fourth-order valence-electron chi connectivity index (χ4n) is 3.79.